The molecule has 8 heteroatoms. The summed E-state index contributed by atoms with van der Waals surface area (Å²) >= 11 is 5.93. The van der Waals surface area contributed by atoms with Crippen LogP contribution in [0.1, 0.15) is 17.5 Å². The van der Waals surface area contributed by atoms with Gasteiger partial charge >= 0.3 is 0 Å². The second kappa shape index (κ2) is 8.49. The zero-order chi connectivity index (χ0) is 21.4. The van der Waals surface area contributed by atoms with Crippen LogP contribution < -0.4 is 9.47 Å². The van der Waals surface area contributed by atoms with E-state index in [0.717, 1.165) is 49.8 Å². The van der Waals surface area contributed by atoms with E-state index in [9.17, 15) is 9.59 Å². The molecule has 0 aliphatic carbocycles. The lowest BCUT2D eigenvalue weighted by Crippen LogP contribution is -2.52. The molecule has 0 unspecified atom stereocenters. The van der Waals surface area contributed by atoms with Gasteiger partial charge in [-0.2, -0.15) is 0 Å². The van der Waals surface area contributed by atoms with Crippen molar-refractivity contribution in [2.75, 3.05) is 33.0 Å². The molecule has 0 radical (unpaired) electrons. The third-order valence-electron chi connectivity index (χ3n) is 6.16. The molecule has 0 spiro atoms. The van der Waals surface area contributed by atoms with Gasteiger partial charge in [0.1, 0.15) is 0 Å². The maximum Gasteiger partial charge on any atom is 0.247 e. The number of likely N-dealkylation sites (tertiary alicyclic amines) is 1. The van der Waals surface area contributed by atoms with Gasteiger partial charge < -0.3 is 9.47 Å². The molecule has 162 valence electrons. The van der Waals surface area contributed by atoms with E-state index in [-0.39, 0.29) is 31.1 Å². The fourth-order valence-corrected chi connectivity index (χ4v) is 4.55. The van der Waals surface area contributed by atoms with Gasteiger partial charge in [-0.15, -0.1) is 0 Å². The van der Waals surface area contributed by atoms with Gasteiger partial charge in [-0.3, -0.25) is 24.3 Å². The Labute approximate surface area is 186 Å². The number of piperazine rings is 1. The Balaban J connectivity index is 1.16. The summed E-state index contributed by atoms with van der Waals surface area (Å²) in [6.07, 6.45) is 0.259. The van der Waals surface area contributed by atoms with E-state index in [0.29, 0.717) is 11.6 Å². The van der Waals surface area contributed by atoms with Gasteiger partial charge in [-0.05, 0) is 35.4 Å². The monoisotopic (exact) mass is 441 g/mol. The predicted molar refractivity (Wildman–Crippen MR) is 115 cm³/mol. The molecule has 2 aromatic carbocycles. The lowest BCUT2D eigenvalue weighted by Gasteiger charge is -2.37. The van der Waals surface area contributed by atoms with Crippen LogP contribution in [0.3, 0.4) is 0 Å². The maximum absolute atomic E-state index is 13.0. The van der Waals surface area contributed by atoms with Crippen LogP contribution in [0.4, 0.5) is 0 Å². The van der Waals surface area contributed by atoms with Crippen LogP contribution in [-0.4, -0.2) is 65.5 Å². The van der Waals surface area contributed by atoms with E-state index in [1.165, 1.54) is 10.5 Å². The maximum atomic E-state index is 13.0. The van der Waals surface area contributed by atoms with Gasteiger partial charge in [0.05, 0.1) is 19.0 Å². The van der Waals surface area contributed by atoms with Gasteiger partial charge in [0.15, 0.2) is 11.5 Å². The molecule has 2 amide bonds. The Morgan fingerprint density at radius 1 is 0.871 bits per heavy atom. The smallest absolute Gasteiger partial charge is 0.247 e. The summed E-state index contributed by atoms with van der Waals surface area (Å²) in [5.74, 6) is 1.39. The minimum atomic E-state index is -0.354. The molecular formula is C23H24ClN3O4. The van der Waals surface area contributed by atoms with Crippen molar-refractivity contribution < 1.29 is 19.1 Å². The van der Waals surface area contributed by atoms with Crippen molar-refractivity contribution in [3.05, 3.63) is 58.6 Å². The van der Waals surface area contributed by atoms with E-state index in [2.05, 4.69) is 15.9 Å². The Morgan fingerprint density at radius 3 is 2.35 bits per heavy atom. The molecule has 0 N–H and O–H groups in total. The number of amides is 2. The van der Waals surface area contributed by atoms with Crippen LogP contribution in [0.2, 0.25) is 5.02 Å². The Hall–Kier alpha value is -2.61. The van der Waals surface area contributed by atoms with Gasteiger partial charge in [0.25, 0.3) is 0 Å². The number of hydrogen-bond acceptors (Lipinski definition) is 6. The highest BCUT2D eigenvalue weighted by Gasteiger charge is 2.42. The van der Waals surface area contributed by atoms with Crippen LogP contribution in [-0.2, 0) is 22.7 Å². The van der Waals surface area contributed by atoms with Crippen LogP contribution in [0.15, 0.2) is 42.5 Å². The molecule has 5 rings (SSSR count). The number of hydrogen-bond donors (Lipinski definition) is 0. The Morgan fingerprint density at radius 2 is 1.58 bits per heavy atom. The lowest BCUT2D eigenvalue weighted by molar-refractivity contribution is -0.140. The van der Waals surface area contributed by atoms with Crippen LogP contribution in [0, 0.1) is 0 Å². The number of nitrogens with zero attached hydrogens (tertiary/aromatic N) is 3. The highest BCUT2D eigenvalue weighted by molar-refractivity contribution is 6.30. The fourth-order valence-electron chi connectivity index (χ4n) is 4.42. The largest absolute Gasteiger partial charge is 0.454 e. The number of halogens is 1. The van der Waals surface area contributed by atoms with Gasteiger partial charge in [-0.25, -0.2) is 0 Å². The summed E-state index contributed by atoms with van der Waals surface area (Å²) in [5, 5.41) is 0.638. The zero-order valence-electron chi connectivity index (χ0n) is 17.1. The topological polar surface area (TPSA) is 62.3 Å². The first-order chi connectivity index (χ1) is 15.1. The van der Waals surface area contributed by atoms with Crippen molar-refractivity contribution in [2.24, 2.45) is 0 Å². The second-order valence-electron chi connectivity index (χ2n) is 8.16. The van der Waals surface area contributed by atoms with Gasteiger partial charge in [0, 0.05) is 37.7 Å². The van der Waals surface area contributed by atoms with Crippen molar-refractivity contribution in [1.29, 1.82) is 0 Å². The third kappa shape index (κ3) is 4.26. The summed E-state index contributed by atoms with van der Waals surface area (Å²) in [6.45, 7) is 4.64. The lowest BCUT2D eigenvalue weighted by atomic mass is 10.1. The minimum absolute atomic E-state index is 0.0934. The highest BCUT2D eigenvalue weighted by atomic mass is 35.5. The molecule has 2 saturated heterocycles. The van der Waals surface area contributed by atoms with Crippen molar-refractivity contribution >= 4 is 23.4 Å². The van der Waals surface area contributed by atoms with Crippen molar-refractivity contribution in [1.82, 2.24) is 14.7 Å². The Kier molecular flexibility index (Phi) is 5.56. The summed E-state index contributed by atoms with van der Waals surface area (Å²) in [4.78, 5) is 31.4. The molecule has 7 nitrogen and oxygen atoms in total. The highest BCUT2D eigenvalue weighted by Crippen LogP contribution is 2.33. The van der Waals surface area contributed by atoms with Crippen molar-refractivity contribution in [3.63, 3.8) is 0 Å². The van der Waals surface area contributed by atoms with Crippen LogP contribution in [0.25, 0.3) is 0 Å². The molecule has 2 aromatic rings. The first-order valence-electron chi connectivity index (χ1n) is 10.5. The van der Waals surface area contributed by atoms with Gasteiger partial charge in [-0.1, -0.05) is 29.8 Å². The predicted octanol–water partition coefficient (Wildman–Crippen LogP) is 2.51. The molecule has 3 aliphatic rings. The van der Waals surface area contributed by atoms with Crippen molar-refractivity contribution in [2.45, 2.75) is 25.6 Å². The summed E-state index contributed by atoms with van der Waals surface area (Å²) < 4.78 is 10.8. The van der Waals surface area contributed by atoms with Crippen LogP contribution >= 0.6 is 11.6 Å². The third-order valence-corrected chi connectivity index (χ3v) is 6.42. The summed E-state index contributed by atoms with van der Waals surface area (Å²) in [7, 11) is 0. The molecule has 2 fully saturated rings. The number of fused-ring (bicyclic) bond motifs is 1. The van der Waals surface area contributed by atoms with E-state index >= 15 is 0 Å². The van der Waals surface area contributed by atoms with E-state index in [4.69, 9.17) is 21.1 Å². The first-order valence-corrected chi connectivity index (χ1v) is 10.9. The number of imide groups is 1. The molecule has 3 aliphatic heterocycles. The average molecular weight is 442 g/mol. The molecule has 0 bridgehead atoms. The number of benzene rings is 2. The fraction of sp³-hybridized carbons (Fsp3) is 0.391. The van der Waals surface area contributed by atoms with Crippen LogP contribution in [0.5, 0.6) is 11.5 Å². The zero-order valence-corrected chi connectivity index (χ0v) is 17.9. The molecule has 1 atom stereocenters. The molecule has 0 aromatic heterocycles. The first kappa shape index (κ1) is 20.3. The Bertz CT molecular complexity index is 989. The molecule has 31 heavy (non-hydrogen) atoms. The van der Waals surface area contributed by atoms with E-state index in [1.807, 2.05) is 24.3 Å². The molecular weight excluding hydrogens is 418 g/mol. The van der Waals surface area contributed by atoms with E-state index < -0.39 is 0 Å². The quantitative estimate of drug-likeness (QED) is 0.664. The number of ether oxygens (including phenoxy) is 2. The second-order valence-corrected chi connectivity index (χ2v) is 8.60. The number of carbonyl (C=O) groups excluding carboxylic acids is 2. The number of rotatable bonds is 5. The standard InChI is InChI=1S/C23H24ClN3O4/c24-18-4-1-16(2-5-18)14-27-22(28)12-19(23(27)29)26-9-7-25(8-10-26)13-17-3-6-20-21(11-17)31-15-30-20/h1-6,11,19H,7-10,12-15H2/t19-/m1/s1. The van der Waals surface area contributed by atoms with E-state index in [1.54, 1.807) is 12.1 Å². The summed E-state index contributed by atoms with van der Waals surface area (Å²) in [6, 6.07) is 12.9. The average Bonchev–Trinajstić information content (AvgIpc) is 3.35. The van der Waals surface area contributed by atoms with Gasteiger partial charge in [0.2, 0.25) is 18.6 Å². The SMILES string of the molecule is O=C1C[C@@H](N2CCN(Cc3ccc4c(c3)OCO4)CC2)C(=O)N1Cc1ccc(Cl)cc1. The number of carbonyl (C=O) groups is 2. The van der Waals surface area contributed by atoms with Crippen molar-refractivity contribution in [3.8, 4) is 11.5 Å². The summed E-state index contributed by atoms with van der Waals surface area (Å²) in [5.41, 5.74) is 2.08. The molecule has 0 saturated carbocycles. The molecule has 3 heterocycles. The minimum Gasteiger partial charge on any atom is -0.454 e. The normalized spacial score (nSPS) is 21.8.